The molecule has 0 aliphatic rings. The predicted molar refractivity (Wildman–Crippen MR) is 79.6 cm³/mol. The van der Waals surface area contributed by atoms with Crippen LogP contribution >= 0.6 is 11.6 Å². The fourth-order valence-electron chi connectivity index (χ4n) is 2.02. The van der Waals surface area contributed by atoms with Gasteiger partial charge in [0.1, 0.15) is 0 Å². The van der Waals surface area contributed by atoms with Crippen molar-refractivity contribution >= 4 is 23.2 Å². The lowest BCUT2D eigenvalue weighted by Gasteiger charge is -2.15. The van der Waals surface area contributed by atoms with Gasteiger partial charge in [-0.3, -0.25) is 4.79 Å². The highest BCUT2D eigenvalue weighted by Crippen LogP contribution is 2.22. The van der Waals surface area contributed by atoms with Gasteiger partial charge in [0.25, 0.3) is 0 Å². The highest BCUT2D eigenvalue weighted by atomic mass is 35.5. The smallest absolute Gasteiger partial charge is 0.231 e. The van der Waals surface area contributed by atoms with E-state index in [0.717, 1.165) is 17.7 Å². The Bertz CT molecular complexity index is 536. The molecule has 0 saturated heterocycles. The van der Waals surface area contributed by atoms with E-state index >= 15 is 0 Å². The number of rotatable bonds is 4. The largest absolute Gasteiger partial charge is 0.326 e. The number of carbonyl (C=O) groups excluding carboxylic acids is 1. The van der Waals surface area contributed by atoms with Crippen molar-refractivity contribution in [2.45, 2.75) is 19.3 Å². The molecule has 2 nitrogen and oxygen atoms in total. The first-order valence-corrected chi connectivity index (χ1v) is 6.70. The molecule has 2 rings (SSSR count). The lowest BCUT2D eigenvalue weighted by molar-refractivity contribution is -0.117. The van der Waals surface area contributed by atoms with Gasteiger partial charge in [0, 0.05) is 10.7 Å². The third-order valence-electron chi connectivity index (χ3n) is 3.04. The van der Waals surface area contributed by atoms with Crippen LogP contribution in [0.15, 0.2) is 54.6 Å². The Morgan fingerprint density at radius 2 is 1.74 bits per heavy atom. The Morgan fingerprint density at radius 3 is 2.32 bits per heavy atom. The lowest BCUT2D eigenvalue weighted by atomic mass is 9.95. The van der Waals surface area contributed by atoms with E-state index in [1.54, 1.807) is 24.3 Å². The number of hydrogen-bond donors (Lipinski definition) is 1. The number of amides is 1. The predicted octanol–water partition coefficient (Wildman–Crippen LogP) is 4.47. The molecule has 19 heavy (non-hydrogen) atoms. The highest BCUT2D eigenvalue weighted by Gasteiger charge is 2.18. The summed E-state index contributed by atoms with van der Waals surface area (Å²) in [5.41, 5.74) is 1.81. The summed E-state index contributed by atoms with van der Waals surface area (Å²) in [5, 5.41) is 3.58. The number of benzene rings is 2. The van der Waals surface area contributed by atoms with Crippen LogP contribution < -0.4 is 5.32 Å². The minimum absolute atomic E-state index is 0.0102. The van der Waals surface area contributed by atoms with Crippen molar-refractivity contribution in [1.29, 1.82) is 0 Å². The molecule has 0 bridgehead atoms. The van der Waals surface area contributed by atoms with Crippen molar-refractivity contribution in [3.63, 3.8) is 0 Å². The van der Waals surface area contributed by atoms with E-state index < -0.39 is 0 Å². The van der Waals surface area contributed by atoms with Crippen LogP contribution in [0, 0.1) is 0 Å². The monoisotopic (exact) mass is 273 g/mol. The van der Waals surface area contributed by atoms with Crippen molar-refractivity contribution in [3.8, 4) is 0 Å². The molecule has 0 aliphatic heterocycles. The summed E-state index contributed by atoms with van der Waals surface area (Å²) in [5.74, 6) is -0.118. The fraction of sp³-hybridized carbons (Fsp3) is 0.188. The first-order chi connectivity index (χ1) is 9.20. The molecule has 2 aromatic rings. The second kappa shape index (κ2) is 6.39. The molecule has 0 aliphatic carbocycles. The summed E-state index contributed by atoms with van der Waals surface area (Å²) >= 11 is 5.82. The Kier molecular flexibility index (Phi) is 4.58. The summed E-state index contributed by atoms with van der Waals surface area (Å²) < 4.78 is 0. The van der Waals surface area contributed by atoms with Gasteiger partial charge < -0.3 is 5.32 Å². The van der Waals surface area contributed by atoms with E-state index in [1.165, 1.54) is 0 Å². The summed E-state index contributed by atoms with van der Waals surface area (Å²) in [6.45, 7) is 2.01. The number of anilines is 1. The molecule has 0 aromatic heterocycles. The normalized spacial score (nSPS) is 11.9. The number of halogens is 1. The average molecular weight is 274 g/mol. The number of nitrogens with one attached hydrogen (secondary N) is 1. The van der Waals surface area contributed by atoms with Gasteiger partial charge in [-0.25, -0.2) is 0 Å². The van der Waals surface area contributed by atoms with Crippen LogP contribution in [-0.4, -0.2) is 5.91 Å². The summed E-state index contributed by atoms with van der Waals surface area (Å²) in [6, 6.07) is 17.0. The molecule has 1 atom stereocenters. The van der Waals surface area contributed by atoms with Crippen molar-refractivity contribution in [2.24, 2.45) is 0 Å². The van der Waals surface area contributed by atoms with Crippen LogP contribution in [0.25, 0.3) is 0 Å². The van der Waals surface area contributed by atoms with Gasteiger partial charge in [-0.05, 0) is 36.2 Å². The second-order valence-electron chi connectivity index (χ2n) is 4.37. The molecule has 0 radical (unpaired) electrons. The molecule has 98 valence electrons. The van der Waals surface area contributed by atoms with E-state index in [9.17, 15) is 4.79 Å². The van der Waals surface area contributed by atoms with E-state index in [2.05, 4.69) is 5.32 Å². The first-order valence-electron chi connectivity index (χ1n) is 6.32. The molecular formula is C16H16ClNO. The van der Waals surface area contributed by atoms with E-state index in [0.29, 0.717) is 5.02 Å². The van der Waals surface area contributed by atoms with Gasteiger partial charge in [-0.15, -0.1) is 0 Å². The Labute approximate surface area is 118 Å². The molecule has 0 saturated carbocycles. The molecule has 3 heteroatoms. The Hall–Kier alpha value is -1.80. The van der Waals surface area contributed by atoms with Crippen LogP contribution in [0.5, 0.6) is 0 Å². The molecule has 0 spiro atoms. The summed E-state index contributed by atoms with van der Waals surface area (Å²) in [7, 11) is 0. The molecule has 0 heterocycles. The summed E-state index contributed by atoms with van der Waals surface area (Å²) in [4.78, 5) is 12.3. The molecule has 1 amide bonds. The minimum Gasteiger partial charge on any atom is -0.326 e. The average Bonchev–Trinajstić information content (AvgIpc) is 2.43. The molecular weight excluding hydrogens is 258 g/mol. The van der Waals surface area contributed by atoms with Crippen LogP contribution in [0.2, 0.25) is 5.02 Å². The van der Waals surface area contributed by atoms with Crippen LogP contribution in [-0.2, 0) is 4.79 Å². The van der Waals surface area contributed by atoms with E-state index in [4.69, 9.17) is 11.6 Å². The zero-order valence-electron chi connectivity index (χ0n) is 10.8. The SMILES string of the molecule is CC[C@@H](C(=O)Nc1ccc(Cl)cc1)c1ccccc1. The number of hydrogen-bond acceptors (Lipinski definition) is 1. The Morgan fingerprint density at radius 1 is 1.11 bits per heavy atom. The van der Waals surface area contributed by atoms with Crippen LogP contribution in [0.4, 0.5) is 5.69 Å². The van der Waals surface area contributed by atoms with Crippen molar-refractivity contribution in [1.82, 2.24) is 0 Å². The molecule has 0 fully saturated rings. The maximum atomic E-state index is 12.3. The Balaban J connectivity index is 2.11. The van der Waals surface area contributed by atoms with Gasteiger partial charge in [0.15, 0.2) is 0 Å². The fourth-order valence-corrected chi connectivity index (χ4v) is 2.15. The third-order valence-corrected chi connectivity index (χ3v) is 3.29. The zero-order valence-corrected chi connectivity index (χ0v) is 11.5. The van der Waals surface area contributed by atoms with Gasteiger partial charge >= 0.3 is 0 Å². The standard InChI is InChI=1S/C16H16ClNO/c1-2-15(12-6-4-3-5-7-12)16(19)18-14-10-8-13(17)9-11-14/h3-11,15H,2H2,1H3,(H,18,19)/t15-/m1/s1. The van der Waals surface area contributed by atoms with Crippen molar-refractivity contribution < 1.29 is 4.79 Å². The van der Waals surface area contributed by atoms with Crippen molar-refractivity contribution in [3.05, 3.63) is 65.2 Å². The quantitative estimate of drug-likeness (QED) is 0.875. The second-order valence-corrected chi connectivity index (χ2v) is 4.80. The van der Waals surface area contributed by atoms with Crippen LogP contribution in [0.3, 0.4) is 0 Å². The maximum absolute atomic E-state index is 12.3. The maximum Gasteiger partial charge on any atom is 0.231 e. The van der Waals surface area contributed by atoms with Crippen LogP contribution in [0.1, 0.15) is 24.8 Å². The molecule has 1 N–H and O–H groups in total. The van der Waals surface area contributed by atoms with Crippen molar-refractivity contribution in [2.75, 3.05) is 5.32 Å². The van der Waals surface area contributed by atoms with E-state index in [-0.39, 0.29) is 11.8 Å². The van der Waals surface area contributed by atoms with Gasteiger partial charge in [0.2, 0.25) is 5.91 Å². The minimum atomic E-state index is -0.128. The first kappa shape index (κ1) is 13.6. The zero-order chi connectivity index (χ0) is 13.7. The third kappa shape index (κ3) is 3.58. The number of carbonyl (C=O) groups is 1. The lowest BCUT2D eigenvalue weighted by Crippen LogP contribution is -2.20. The van der Waals surface area contributed by atoms with Gasteiger partial charge in [0.05, 0.1) is 5.92 Å². The van der Waals surface area contributed by atoms with Gasteiger partial charge in [-0.2, -0.15) is 0 Å². The molecule has 0 unspecified atom stereocenters. The topological polar surface area (TPSA) is 29.1 Å². The van der Waals surface area contributed by atoms with Gasteiger partial charge in [-0.1, -0.05) is 48.9 Å². The van der Waals surface area contributed by atoms with E-state index in [1.807, 2.05) is 37.3 Å². The summed E-state index contributed by atoms with van der Waals surface area (Å²) in [6.07, 6.45) is 0.767. The molecule has 2 aromatic carbocycles. The highest BCUT2D eigenvalue weighted by molar-refractivity contribution is 6.30.